The molecule has 34 heavy (non-hydrogen) atoms. The highest BCUT2D eigenvalue weighted by atomic mass is 16.8. The molecule has 3 rings (SSSR count). The first-order valence-electron chi connectivity index (χ1n) is 10.6. The first kappa shape index (κ1) is 27.9. The third kappa shape index (κ3) is 5.37. The van der Waals surface area contributed by atoms with E-state index < -0.39 is 112 Å². The smallest absolute Gasteiger partial charge is 0.187 e. The van der Waals surface area contributed by atoms with Crippen molar-refractivity contribution in [2.75, 3.05) is 19.8 Å². The summed E-state index contributed by atoms with van der Waals surface area (Å²) in [7, 11) is 0. The van der Waals surface area contributed by atoms with Crippen LogP contribution in [0.2, 0.25) is 0 Å². The van der Waals surface area contributed by atoms with Crippen molar-refractivity contribution in [3.8, 4) is 0 Å². The molecule has 16 nitrogen and oxygen atoms in total. The second-order valence-corrected chi connectivity index (χ2v) is 8.33. The molecule has 0 aromatic rings. The molecule has 3 aliphatic heterocycles. The zero-order valence-corrected chi connectivity index (χ0v) is 17.7. The van der Waals surface area contributed by atoms with Gasteiger partial charge in [0.15, 0.2) is 18.9 Å². The summed E-state index contributed by atoms with van der Waals surface area (Å²) in [6.07, 6.45) is -25.1. The average Bonchev–Trinajstić information content (AvgIpc) is 2.83. The summed E-state index contributed by atoms with van der Waals surface area (Å²) in [6, 6.07) is 0. The maximum Gasteiger partial charge on any atom is 0.187 e. The summed E-state index contributed by atoms with van der Waals surface area (Å²) in [6.45, 7) is -2.32. The molecule has 0 aromatic carbocycles. The number of hydrogen-bond donors (Lipinski definition) is 11. The molecule has 0 spiro atoms. The Labute approximate surface area is 192 Å². The van der Waals surface area contributed by atoms with Gasteiger partial charge >= 0.3 is 0 Å². The van der Waals surface area contributed by atoms with E-state index in [1.807, 2.05) is 0 Å². The van der Waals surface area contributed by atoms with Crippen molar-refractivity contribution >= 4 is 0 Å². The molecule has 16 heteroatoms. The lowest BCUT2D eigenvalue weighted by atomic mass is 9.96. The quantitative estimate of drug-likeness (QED) is 0.154. The Kier molecular flexibility index (Phi) is 9.54. The Morgan fingerprint density at radius 1 is 0.441 bits per heavy atom. The summed E-state index contributed by atoms with van der Waals surface area (Å²) in [5.74, 6) is 0. The standard InChI is InChI=1S/C18H32O16/c19-1-4-7(22)8(23)12(27)17(31-4)34-15-6(3-21)32-18(13(28)10(15)25)33-14-5(2-20)30-16(29)11(26)9(14)24/h4-29H,1-3H2/t4-,5-,6-,7-,8+,9-,10-,11+,12+,13-,14-,15-,16?,17+,18+/m1/s1. The maximum absolute atomic E-state index is 10.6. The maximum atomic E-state index is 10.6. The van der Waals surface area contributed by atoms with Gasteiger partial charge in [0.25, 0.3) is 0 Å². The van der Waals surface area contributed by atoms with Crippen molar-refractivity contribution in [2.24, 2.45) is 0 Å². The zero-order valence-electron chi connectivity index (χ0n) is 17.7. The average molecular weight is 504 g/mol. The number of aliphatic hydroxyl groups is 11. The lowest BCUT2D eigenvalue weighted by Crippen LogP contribution is -2.66. The van der Waals surface area contributed by atoms with E-state index in [0.29, 0.717) is 0 Å². The van der Waals surface area contributed by atoms with Crippen LogP contribution in [0.25, 0.3) is 0 Å². The second-order valence-electron chi connectivity index (χ2n) is 8.33. The van der Waals surface area contributed by atoms with Gasteiger partial charge in [-0.05, 0) is 0 Å². The van der Waals surface area contributed by atoms with Crippen LogP contribution in [0, 0.1) is 0 Å². The van der Waals surface area contributed by atoms with E-state index >= 15 is 0 Å². The minimum atomic E-state index is -1.91. The number of rotatable bonds is 7. The van der Waals surface area contributed by atoms with Crippen LogP contribution in [0.15, 0.2) is 0 Å². The van der Waals surface area contributed by atoms with E-state index in [1.54, 1.807) is 0 Å². The Morgan fingerprint density at radius 3 is 1.35 bits per heavy atom. The van der Waals surface area contributed by atoms with Crippen molar-refractivity contribution < 1.29 is 79.9 Å². The van der Waals surface area contributed by atoms with Gasteiger partial charge in [0, 0.05) is 0 Å². The molecule has 11 N–H and O–H groups in total. The Morgan fingerprint density at radius 2 is 0.853 bits per heavy atom. The van der Waals surface area contributed by atoms with Crippen molar-refractivity contribution in [1.29, 1.82) is 0 Å². The third-order valence-corrected chi connectivity index (χ3v) is 6.09. The fourth-order valence-electron chi connectivity index (χ4n) is 4.06. The molecule has 0 aromatic heterocycles. The molecule has 0 radical (unpaired) electrons. The number of aliphatic hydroxyl groups excluding tert-OH is 11. The molecule has 200 valence electrons. The van der Waals surface area contributed by atoms with Gasteiger partial charge in [-0.1, -0.05) is 0 Å². The Bertz CT molecular complexity index is 635. The van der Waals surface area contributed by atoms with Crippen molar-refractivity contribution in [3.05, 3.63) is 0 Å². The molecule has 0 bridgehead atoms. The zero-order chi connectivity index (χ0) is 25.3. The third-order valence-electron chi connectivity index (χ3n) is 6.09. The summed E-state index contributed by atoms with van der Waals surface area (Å²) < 4.78 is 26.4. The fraction of sp³-hybridized carbons (Fsp3) is 1.00. The van der Waals surface area contributed by atoms with Crippen LogP contribution in [-0.4, -0.2) is 168 Å². The lowest BCUT2D eigenvalue weighted by molar-refractivity contribution is -0.377. The van der Waals surface area contributed by atoms with E-state index in [2.05, 4.69) is 0 Å². The Balaban J connectivity index is 1.72. The van der Waals surface area contributed by atoms with Gasteiger partial charge in [-0.15, -0.1) is 0 Å². The molecule has 3 aliphatic rings. The first-order chi connectivity index (χ1) is 16.0. The predicted molar refractivity (Wildman–Crippen MR) is 101 cm³/mol. The van der Waals surface area contributed by atoms with E-state index in [-0.39, 0.29) is 0 Å². The molecular formula is C18H32O16. The van der Waals surface area contributed by atoms with Crippen molar-refractivity contribution in [3.63, 3.8) is 0 Å². The second kappa shape index (κ2) is 11.6. The molecule has 3 saturated heterocycles. The van der Waals surface area contributed by atoms with E-state index in [9.17, 15) is 56.2 Å². The van der Waals surface area contributed by atoms with Crippen LogP contribution < -0.4 is 0 Å². The molecule has 3 heterocycles. The molecule has 0 aliphatic carbocycles. The van der Waals surface area contributed by atoms with Crippen LogP contribution in [0.3, 0.4) is 0 Å². The van der Waals surface area contributed by atoms with E-state index in [0.717, 1.165) is 0 Å². The molecule has 15 atom stereocenters. The number of ether oxygens (including phenoxy) is 5. The molecule has 1 unspecified atom stereocenters. The van der Waals surface area contributed by atoms with Gasteiger partial charge in [-0.3, -0.25) is 0 Å². The monoisotopic (exact) mass is 504 g/mol. The van der Waals surface area contributed by atoms with Crippen LogP contribution >= 0.6 is 0 Å². The predicted octanol–water partition coefficient (Wildman–Crippen LogP) is -7.57. The van der Waals surface area contributed by atoms with Gasteiger partial charge in [0.1, 0.15) is 73.2 Å². The van der Waals surface area contributed by atoms with Crippen LogP contribution in [0.5, 0.6) is 0 Å². The summed E-state index contributed by atoms with van der Waals surface area (Å²) >= 11 is 0. The van der Waals surface area contributed by atoms with Gasteiger partial charge < -0.3 is 79.9 Å². The number of hydrogen-bond acceptors (Lipinski definition) is 16. The minimum Gasteiger partial charge on any atom is -0.394 e. The molecule has 3 fully saturated rings. The van der Waals surface area contributed by atoms with Gasteiger partial charge in [0.2, 0.25) is 0 Å². The van der Waals surface area contributed by atoms with Crippen molar-refractivity contribution in [2.45, 2.75) is 92.1 Å². The Hall–Kier alpha value is -0.640. The summed E-state index contributed by atoms with van der Waals surface area (Å²) in [4.78, 5) is 0. The van der Waals surface area contributed by atoms with Crippen molar-refractivity contribution in [1.82, 2.24) is 0 Å². The lowest BCUT2D eigenvalue weighted by Gasteiger charge is -2.47. The normalized spacial score (nSPS) is 52.5. The highest BCUT2D eigenvalue weighted by Crippen LogP contribution is 2.32. The minimum absolute atomic E-state index is 0.741. The highest BCUT2D eigenvalue weighted by Gasteiger charge is 2.53. The summed E-state index contributed by atoms with van der Waals surface area (Å²) in [5, 5.41) is 109. The fourth-order valence-corrected chi connectivity index (χ4v) is 4.06. The topological polar surface area (TPSA) is 269 Å². The van der Waals surface area contributed by atoms with Gasteiger partial charge in [-0.25, -0.2) is 0 Å². The van der Waals surface area contributed by atoms with E-state index in [4.69, 9.17) is 23.7 Å². The van der Waals surface area contributed by atoms with Gasteiger partial charge in [-0.2, -0.15) is 0 Å². The van der Waals surface area contributed by atoms with Crippen LogP contribution in [0.4, 0.5) is 0 Å². The molecule has 0 saturated carbocycles. The van der Waals surface area contributed by atoms with Gasteiger partial charge in [0.05, 0.1) is 19.8 Å². The highest BCUT2D eigenvalue weighted by molar-refractivity contribution is 4.96. The van der Waals surface area contributed by atoms with Crippen LogP contribution in [-0.2, 0) is 23.7 Å². The summed E-state index contributed by atoms with van der Waals surface area (Å²) in [5.41, 5.74) is 0. The largest absolute Gasteiger partial charge is 0.394 e. The molecule has 0 amide bonds. The SMILES string of the molecule is OC[C@H]1O[C@@H](O[C@H]2[C@H](O)[C@@H](O)[C@H](O[C@H]3[C@H](O)[C@H](O)C(O)O[C@@H]3CO)O[C@@H]2CO)[C@@H](O)[C@@H](O)[C@@H]1O. The van der Waals surface area contributed by atoms with Crippen LogP contribution in [0.1, 0.15) is 0 Å². The van der Waals surface area contributed by atoms with E-state index in [1.165, 1.54) is 0 Å². The first-order valence-corrected chi connectivity index (χ1v) is 10.6. The molecular weight excluding hydrogens is 472 g/mol.